The number of benzene rings is 1. The number of hydrogen-bond acceptors (Lipinski definition) is 5. The zero-order valence-electron chi connectivity index (χ0n) is 16.6. The third-order valence-electron chi connectivity index (χ3n) is 5.36. The number of carbonyl (C=O) groups excluding carboxylic acids is 1. The van der Waals surface area contributed by atoms with E-state index in [-0.39, 0.29) is 11.9 Å². The van der Waals surface area contributed by atoms with Crippen LogP contribution in [0, 0.1) is 0 Å². The third-order valence-corrected chi connectivity index (χ3v) is 6.30. The lowest BCUT2D eigenvalue weighted by Gasteiger charge is -2.25. The summed E-state index contributed by atoms with van der Waals surface area (Å²) in [4.78, 5) is 12.5. The summed E-state index contributed by atoms with van der Waals surface area (Å²) in [5, 5.41) is 12.6. The topological polar surface area (TPSA) is 73.0 Å². The van der Waals surface area contributed by atoms with Crippen molar-refractivity contribution < 1.29 is 9.21 Å². The SMILES string of the molecule is C[C@H](NC(=O)CSc1nnc(-c2ccco2)n1C1CCCCC1)c1ccccc1. The van der Waals surface area contributed by atoms with Gasteiger partial charge in [-0.15, -0.1) is 10.2 Å². The molecule has 0 unspecified atom stereocenters. The van der Waals surface area contributed by atoms with Gasteiger partial charge in [-0.1, -0.05) is 61.4 Å². The van der Waals surface area contributed by atoms with Crippen LogP contribution in [0.5, 0.6) is 0 Å². The summed E-state index contributed by atoms with van der Waals surface area (Å²) in [5.41, 5.74) is 1.09. The summed E-state index contributed by atoms with van der Waals surface area (Å²) in [5.74, 6) is 1.77. The summed E-state index contributed by atoms with van der Waals surface area (Å²) in [6.07, 6.45) is 7.56. The summed E-state index contributed by atoms with van der Waals surface area (Å²) in [6.45, 7) is 2.00. The molecule has 1 fully saturated rings. The minimum Gasteiger partial charge on any atom is -0.461 e. The van der Waals surface area contributed by atoms with E-state index in [1.807, 2.05) is 49.4 Å². The molecule has 2 heterocycles. The van der Waals surface area contributed by atoms with E-state index in [4.69, 9.17) is 4.42 Å². The first-order valence-electron chi connectivity index (χ1n) is 10.2. The zero-order chi connectivity index (χ0) is 20.1. The Kier molecular flexibility index (Phi) is 6.34. The molecular formula is C22H26N4O2S. The molecule has 1 atom stereocenters. The average Bonchev–Trinajstić information content (AvgIpc) is 3.43. The van der Waals surface area contributed by atoms with Crippen LogP contribution in [-0.4, -0.2) is 26.4 Å². The second-order valence-electron chi connectivity index (χ2n) is 7.43. The van der Waals surface area contributed by atoms with Gasteiger partial charge >= 0.3 is 0 Å². The van der Waals surface area contributed by atoms with Gasteiger partial charge in [0.2, 0.25) is 11.7 Å². The van der Waals surface area contributed by atoms with Crippen molar-refractivity contribution in [2.45, 2.75) is 56.3 Å². The van der Waals surface area contributed by atoms with Crippen molar-refractivity contribution in [2.24, 2.45) is 0 Å². The molecule has 3 aromatic rings. The predicted octanol–water partition coefficient (Wildman–Crippen LogP) is 5.01. The van der Waals surface area contributed by atoms with Crippen LogP contribution in [0.2, 0.25) is 0 Å². The molecule has 152 valence electrons. The van der Waals surface area contributed by atoms with E-state index in [1.165, 1.54) is 31.0 Å². The van der Waals surface area contributed by atoms with Crippen LogP contribution < -0.4 is 5.32 Å². The molecule has 0 saturated heterocycles. The standard InChI is InChI=1S/C22H26N4O2S/c1-16(17-9-4-2-5-10-17)23-20(27)15-29-22-25-24-21(19-13-8-14-28-19)26(22)18-11-6-3-7-12-18/h2,4-5,8-10,13-14,16,18H,3,6-7,11-12,15H2,1H3,(H,23,27)/t16-/m0/s1. The van der Waals surface area contributed by atoms with Crippen LogP contribution in [0.3, 0.4) is 0 Å². The summed E-state index contributed by atoms with van der Waals surface area (Å²) in [6, 6.07) is 14.1. The van der Waals surface area contributed by atoms with Gasteiger partial charge in [0.1, 0.15) is 0 Å². The zero-order valence-corrected chi connectivity index (χ0v) is 17.4. The number of aromatic nitrogens is 3. The summed E-state index contributed by atoms with van der Waals surface area (Å²) in [7, 11) is 0. The fourth-order valence-corrected chi connectivity index (χ4v) is 4.67. The van der Waals surface area contributed by atoms with Crippen molar-refractivity contribution in [3.05, 3.63) is 54.3 Å². The van der Waals surface area contributed by atoms with Gasteiger partial charge < -0.3 is 9.73 Å². The van der Waals surface area contributed by atoms with Crippen LogP contribution in [0.15, 0.2) is 58.3 Å². The lowest BCUT2D eigenvalue weighted by atomic mass is 9.95. The number of rotatable bonds is 7. The lowest BCUT2D eigenvalue weighted by Crippen LogP contribution is -2.28. The van der Waals surface area contributed by atoms with E-state index in [0.29, 0.717) is 11.8 Å². The molecule has 1 amide bonds. The first kappa shape index (κ1) is 19.8. The average molecular weight is 411 g/mol. The van der Waals surface area contributed by atoms with Gasteiger partial charge in [0.25, 0.3) is 0 Å². The normalized spacial score (nSPS) is 15.9. The Bertz CT molecular complexity index is 918. The molecular weight excluding hydrogens is 384 g/mol. The number of hydrogen-bond donors (Lipinski definition) is 1. The number of amides is 1. The van der Waals surface area contributed by atoms with Crippen LogP contribution >= 0.6 is 11.8 Å². The highest BCUT2D eigenvalue weighted by Gasteiger charge is 2.25. The van der Waals surface area contributed by atoms with Crippen molar-refractivity contribution in [1.82, 2.24) is 20.1 Å². The maximum atomic E-state index is 12.5. The Balaban J connectivity index is 1.46. The smallest absolute Gasteiger partial charge is 0.230 e. The second kappa shape index (κ2) is 9.31. The molecule has 1 aromatic carbocycles. The van der Waals surface area contributed by atoms with E-state index >= 15 is 0 Å². The van der Waals surface area contributed by atoms with Crippen LogP contribution in [0.4, 0.5) is 0 Å². The minimum atomic E-state index is -0.0285. The van der Waals surface area contributed by atoms with E-state index in [1.54, 1.807) is 6.26 Å². The van der Waals surface area contributed by atoms with Crippen LogP contribution in [-0.2, 0) is 4.79 Å². The van der Waals surface area contributed by atoms with Crippen molar-refractivity contribution in [3.8, 4) is 11.6 Å². The fraction of sp³-hybridized carbons (Fsp3) is 0.409. The quantitative estimate of drug-likeness (QED) is 0.554. The molecule has 7 heteroatoms. The van der Waals surface area contributed by atoms with Crippen molar-refractivity contribution in [1.29, 1.82) is 0 Å². The first-order chi connectivity index (χ1) is 14.2. The van der Waals surface area contributed by atoms with Gasteiger partial charge in [-0.3, -0.25) is 9.36 Å². The van der Waals surface area contributed by atoms with Gasteiger partial charge in [-0.2, -0.15) is 0 Å². The van der Waals surface area contributed by atoms with Gasteiger partial charge in [0.05, 0.1) is 18.1 Å². The van der Waals surface area contributed by atoms with E-state index in [9.17, 15) is 4.79 Å². The molecule has 29 heavy (non-hydrogen) atoms. The van der Waals surface area contributed by atoms with Crippen LogP contribution in [0.25, 0.3) is 11.6 Å². The molecule has 6 nitrogen and oxygen atoms in total. The number of furan rings is 1. The molecule has 0 bridgehead atoms. The maximum absolute atomic E-state index is 12.5. The third kappa shape index (κ3) is 4.72. The number of thioether (sulfide) groups is 1. The minimum absolute atomic E-state index is 0.0101. The molecule has 2 aromatic heterocycles. The van der Waals surface area contributed by atoms with E-state index < -0.39 is 0 Å². The molecule has 0 radical (unpaired) electrons. The summed E-state index contributed by atoms with van der Waals surface area (Å²) >= 11 is 1.44. The molecule has 1 aliphatic rings. The van der Waals surface area contributed by atoms with E-state index in [0.717, 1.165) is 35.1 Å². The van der Waals surface area contributed by atoms with Crippen molar-refractivity contribution in [2.75, 3.05) is 5.75 Å². The molecule has 4 rings (SSSR count). The Morgan fingerprint density at radius 2 is 1.97 bits per heavy atom. The number of carbonyl (C=O) groups is 1. The van der Waals surface area contributed by atoms with Gasteiger partial charge in [0, 0.05) is 6.04 Å². The highest BCUT2D eigenvalue weighted by atomic mass is 32.2. The molecule has 0 spiro atoms. The van der Waals surface area contributed by atoms with Gasteiger partial charge in [0.15, 0.2) is 10.9 Å². The van der Waals surface area contributed by atoms with Crippen molar-refractivity contribution >= 4 is 17.7 Å². The Morgan fingerprint density at radius 1 is 1.17 bits per heavy atom. The summed E-state index contributed by atoms with van der Waals surface area (Å²) < 4.78 is 7.76. The molecule has 1 saturated carbocycles. The lowest BCUT2D eigenvalue weighted by molar-refractivity contribution is -0.119. The number of nitrogens with zero attached hydrogens (tertiary/aromatic N) is 3. The highest BCUT2D eigenvalue weighted by Crippen LogP contribution is 2.35. The maximum Gasteiger partial charge on any atom is 0.230 e. The highest BCUT2D eigenvalue weighted by molar-refractivity contribution is 7.99. The molecule has 0 aliphatic heterocycles. The Labute approximate surface area is 175 Å². The number of nitrogens with one attached hydrogen (secondary N) is 1. The molecule has 1 N–H and O–H groups in total. The largest absolute Gasteiger partial charge is 0.461 e. The van der Waals surface area contributed by atoms with Gasteiger partial charge in [-0.25, -0.2) is 0 Å². The molecule has 1 aliphatic carbocycles. The van der Waals surface area contributed by atoms with E-state index in [2.05, 4.69) is 20.1 Å². The van der Waals surface area contributed by atoms with Crippen molar-refractivity contribution in [3.63, 3.8) is 0 Å². The fourth-order valence-electron chi connectivity index (χ4n) is 3.86. The first-order valence-corrected chi connectivity index (χ1v) is 11.2. The van der Waals surface area contributed by atoms with Gasteiger partial charge in [-0.05, 0) is 37.5 Å². The van der Waals surface area contributed by atoms with Crippen LogP contribution in [0.1, 0.15) is 56.7 Å². The second-order valence-corrected chi connectivity index (χ2v) is 8.38. The Morgan fingerprint density at radius 3 is 2.69 bits per heavy atom. The predicted molar refractivity (Wildman–Crippen MR) is 114 cm³/mol. The Hall–Kier alpha value is -2.54. The monoisotopic (exact) mass is 410 g/mol.